The molecule has 2 fully saturated rings. The molecule has 2 saturated heterocycles. The standard InChI is InChI=1S/C10H17F3N2O.C2H6/c1-14-8-2-3-9(14)7-15(6-8)4-5-16-10(11,12)13;1-2/h8-9H,2-7H2,1H3;1-2H3. The van der Waals surface area contributed by atoms with Gasteiger partial charge in [0, 0.05) is 31.7 Å². The number of halogens is 3. The molecular weight excluding hydrogens is 245 g/mol. The first-order valence-corrected chi connectivity index (χ1v) is 6.61. The summed E-state index contributed by atoms with van der Waals surface area (Å²) in [5.74, 6) is 0. The fraction of sp³-hybridized carbons (Fsp3) is 1.00. The van der Waals surface area contributed by atoms with Crippen LogP contribution in [0, 0.1) is 0 Å². The van der Waals surface area contributed by atoms with E-state index in [0.29, 0.717) is 18.6 Å². The Morgan fingerprint density at radius 1 is 1.11 bits per heavy atom. The lowest BCUT2D eigenvalue weighted by atomic mass is 10.2. The lowest BCUT2D eigenvalue weighted by molar-refractivity contribution is -0.325. The lowest BCUT2D eigenvalue weighted by Crippen LogP contribution is -2.52. The van der Waals surface area contributed by atoms with Crippen LogP contribution in [0.2, 0.25) is 0 Å². The summed E-state index contributed by atoms with van der Waals surface area (Å²) >= 11 is 0. The molecule has 0 aliphatic carbocycles. The minimum atomic E-state index is -4.49. The second kappa shape index (κ2) is 6.73. The molecule has 0 radical (unpaired) electrons. The summed E-state index contributed by atoms with van der Waals surface area (Å²) in [4.78, 5) is 4.43. The van der Waals surface area contributed by atoms with Crippen LogP contribution in [0.15, 0.2) is 0 Å². The number of hydrogen-bond donors (Lipinski definition) is 0. The Hall–Kier alpha value is -0.330. The molecule has 6 heteroatoms. The van der Waals surface area contributed by atoms with Crippen LogP contribution in [0.3, 0.4) is 0 Å². The molecule has 2 aliphatic heterocycles. The van der Waals surface area contributed by atoms with Gasteiger partial charge in [0.15, 0.2) is 0 Å². The number of rotatable bonds is 3. The van der Waals surface area contributed by atoms with Gasteiger partial charge in [-0.3, -0.25) is 14.5 Å². The van der Waals surface area contributed by atoms with Crippen molar-refractivity contribution >= 4 is 0 Å². The molecule has 0 aromatic rings. The maximum atomic E-state index is 11.8. The molecule has 0 aromatic heterocycles. The van der Waals surface area contributed by atoms with Crippen LogP contribution < -0.4 is 0 Å². The number of ether oxygens (including phenoxy) is 1. The third kappa shape index (κ3) is 4.40. The van der Waals surface area contributed by atoms with Gasteiger partial charge in [0.05, 0.1) is 6.61 Å². The van der Waals surface area contributed by atoms with Crippen molar-refractivity contribution in [3.8, 4) is 0 Å². The summed E-state index contributed by atoms with van der Waals surface area (Å²) in [6.07, 6.45) is -2.17. The molecule has 0 amide bonds. The monoisotopic (exact) mass is 268 g/mol. The van der Waals surface area contributed by atoms with Crippen LogP contribution in [-0.2, 0) is 4.74 Å². The highest BCUT2D eigenvalue weighted by atomic mass is 19.4. The number of likely N-dealkylation sites (tertiary alicyclic amines) is 1. The van der Waals surface area contributed by atoms with E-state index in [0.717, 1.165) is 25.9 Å². The van der Waals surface area contributed by atoms with Gasteiger partial charge in [0.1, 0.15) is 0 Å². The second-order valence-electron chi connectivity index (χ2n) is 4.60. The van der Waals surface area contributed by atoms with E-state index in [1.165, 1.54) is 0 Å². The Kier molecular flexibility index (Phi) is 5.88. The predicted octanol–water partition coefficient (Wildman–Crippen LogP) is 2.33. The number of fused-ring (bicyclic) bond motifs is 2. The van der Waals surface area contributed by atoms with E-state index in [-0.39, 0.29) is 6.61 Å². The van der Waals surface area contributed by atoms with E-state index < -0.39 is 6.36 Å². The third-order valence-corrected chi connectivity index (χ3v) is 3.60. The van der Waals surface area contributed by atoms with Crippen molar-refractivity contribution in [3.05, 3.63) is 0 Å². The van der Waals surface area contributed by atoms with Gasteiger partial charge in [-0.1, -0.05) is 13.8 Å². The molecule has 3 nitrogen and oxygen atoms in total. The predicted molar refractivity (Wildman–Crippen MR) is 64.4 cm³/mol. The second-order valence-corrected chi connectivity index (χ2v) is 4.60. The molecular formula is C12H23F3N2O. The molecule has 0 N–H and O–H groups in total. The number of alkyl halides is 3. The zero-order chi connectivity index (χ0) is 13.8. The highest BCUT2D eigenvalue weighted by Gasteiger charge is 2.37. The number of hydrogen-bond acceptors (Lipinski definition) is 3. The van der Waals surface area contributed by atoms with Crippen LogP contribution in [0.25, 0.3) is 0 Å². The topological polar surface area (TPSA) is 15.7 Å². The van der Waals surface area contributed by atoms with Crippen LogP contribution in [0.4, 0.5) is 13.2 Å². The lowest BCUT2D eigenvalue weighted by Gasteiger charge is -2.38. The molecule has 0 aromatic carbocycles. The van der Waals surface area contributed by atoms with Crippen LogP contribution in [-0.4, -0.2) is 61.5 Å². The Bertz CT molecular complexity index is 234. The SMILES string of the molecule is CC.CN1C2CCC1CN(CCOC(F)(F)F)C2. The molecule has 2 heterocycles. The fourth-order valence-corrected chi connectivity index (χ4v) is 2.67. The average molecular weight is 268 g/mol. The van der Waals surface area contributed by atoms with Crippen LogP contribution in [0.1, 0.15) is 26.7 Å². The van der Waals surface area contributed by atoms with E-state index in [2.05, 4.69) is 21.6 Å². The number of piperazine rings is 1. The Labute approximate surface area is 107 Å². The first-order chi connectivity index (χ1) is 8.46. The maximum Gasteiger partial charge on any atom is 0.522 e. The molecule has 2 rings (SSSR count). The molecule has 0 spiro atoms. The number of nitrogens with zero attached hydrogens (tertiary/aromatic N) is 2. The highest BCUT2D eigenvalue weighted by molar-refractivity contribution is 4.93. The average Bonchev–Trinajstić information content (AvgIpc) is 2.54. The first kappa shape index (κ1) is 15.7. The first-order valence-electron chi connectivity index (χ1n) is 6.61. The summed E-state index contributed by atoms with van der Waals surface area (Å²) < 4.78 is 39.2. The van der Waals surface area contributed by atoms with Gasteiger partial charge >= 0.3 is 6.36 Å². The van der Waals surface area contributed by atoms with Crippen molar-refractivity contribution in [2.75, 3.05) is 33.3 Å². The summed E-state index contributed by atoms with van der Waals surface area (Å²) in [5.41, 5.74) is 0. The van der Waals surface area contributed by atoms with E-state index in [9.17, 15) is 13.2 Å². The van der Waals surface area contributed by atoms with E-state index >= 15 is 0 Å². The van der Waals surface area contributed by atoms with Crippen LogP contribution >= 0.6 is 0 Å². The fourth-order valence-electron chi connectivity index (χ4n) is 2.67. The van der Waals surface area contributed by atoms with Crippen molar-refractivity contribution in [2.45, 2.75) is 45.1 Å². The molecule has 108 valence electrons. The Balaban J connectivity index is 0.000000771. The minimum Gasteiger partial charge on any atom is -0.298 e. The molecule has 0 saturated carbocycles. The van der Waals surface area contributed by atoms with E-state index in [4.69, 9.17) is 0 Å². The maximum absolute atomic E-state index is 11.8. The zero-order valence-electron chi connectivity index (χ0n) is 11.3. The Morgan fingerprint density at radius 3 is 2.06 bits per heavy atom. The molecule has 2 atom stereocenters. The highest BCUT2D eigenvalue weighted by Crippen LogP contribution is 2.28. The van der Waals surface area contributed by atoms with Crippen molar-refractivity contribution in [2.24, 2.45) is 0 Å². The van der Waals surface area contributed by atoms with Gasteiger partial charge in [-0.05, 0) is 19.9 Å². The summed E-state index contributed by atoms with van der Waals surface area (Å²) in [6.45, 7) is 5.86. The van der Waals surface area contributed by atoms with E-state index in [1.807, 2.05) is 13.8 Å². The van der Waals surface area contributed by atoms with Gasteiger partial charge in [-0.25, -0.2) is 0 Å². The van der Waals surface area contributed by atoms with Gasteiger partial charge < -0.3 is 0 Å². The molecule has 18 heavy (non-hydrogen) atoms. The molecule has 2 bridgehead atoms. The van der Waals surface area contributed by atoms with Gasteiger partial charge in [0.2, 0.25) is 0 Å². The van der Waals surface area contributed by atoms with Gasteiger partial charge in [-0.2, -0.15) is 0 Å². The smallest absolute Gasteiger partial charge is 0.298 e. The quantitative estimate of drug-likeness (QED) is 0.781. The summed E-state index contributed by atoms with van der Waals surface area (Å²) in [7, 11) is 2.10. The zero-order valence-corrected chi connectivity index (χ0v) is 11.3. The normalized spacial score (nSPS) is 29.0. The Morgan fingerprint density at radius 2 is 1.61 bits per heavy atom. The number of likely N-dealkylation sites (N-methyl/N-ethyl adjacent to an activating group) is 1. The summed E-state index contributed by atoms with van der Waals surface area (Å²) in [5, 5.41) is 0. The third-order valence-electron chi connectivity index (χ3n) is 3.60. The van der Waals surface area contributed by atoms with Crippen LogP contribution in [0.5, 0.6) is 0 Å². The summed E-state index contributed by atoms with van der Waals surface area (Å²) in [6, 6.07) is 1.04. The molecule has 2 unspecified atom stereocenters. The van der Waals surface area contributed by atoms with Gasteiger partial charge in [-0.15, -0.1) is 13.2 Å². The minimum absolute atomic E-state index is 0.257. The van der Waals surface area contributed by atoms with Crippen molar-refractivity contribution in [1.29, 1.82) is 0 Å². The van der Waals surface area contributed by atoms with Crippen molar-refractivity contribution in [3.63, 3.8) is 0 Å². The van der Waals surface area contributed by atoms with Crippen molar-refractivity contribution in [1.82, 2.24) is 9.80 Å². The van der Waals surface area contributed by atoms with Crippen molar-refractivity contribution < 1.29 is 17.9 Å². The molecule has 2 aliphatic rings. The van der Waals surface area contributed by atoms with E-state index in [1.54, 1.807) is 0 Å². The van der Waals surface area contributed by atoms with Gasteiger partial charge in [0.25, 0.3) is 0 Å². The largest absolute Gasteiger partial charge is 0.522 e.